The van der Waals surface area contributed by atoms with E-state index in [1.54, 1.807) is 36.4 Å². The number of furan rings is 1. The van der Waals surface area contributed by atoms with Crippen LogP contribution in [-0.4, -0.2) is 40.1 Å². The van der Waals surface area contributed by atoms with Crippen molar-refractivity contribution in [3.8, 4) is 0 Å². The highest BCUT2D eigenvalue weighted by Gasteiger charge is 2.36. The second-order valence-electron chi connectivity index (χ2n) is 8.33. The first-order valence-corrected chi connectivity index (χ1v) is 10.7. The molecule has 1 atom stereocenters. The lowest BCUT2D eigenvalue weighted by molar-refractivity contribution is -0.142. The number of hydrogen-bond donors (Lipinski definition) is 1. The number of benzene rings is 2. The molecule has 5 rings (SSSR count). The van der Waals surface area contributed by atoms with Gasteiger partial charge in [-0.1, -0.05) is 24.3 Å². The molecule has 32 heavy (non-hydrogen) atoms. The number of amides is 2. The molecule has 0 radical (unpaired) electrons. The van der Waals surface area contributed by atoms with Crippen molar-refractivity contribution in [3.05, 3.63) is 70.5 Å². The Bertz CT molecular complexity index is 1250. The van der Waals surface area contributed by atoms with Crippen molar-refractivity contribution in [2.24, 2.45) is 5.92 Å². The number of carboxylic acids is 1. The summed E-state index contributed by atoms with van der Waals surface area (Å²) in [5.41, 5.74) is 2.89. The number of aliphatic carboxylic acids is 1. The molecule has 162 valence electrons. The molecule has 7 nitrogen and oxygen atoms in total. The molecule has 0 saturated carbocycles. The summed E-state index contributed by atoms with van der Waals surface area (Å²) in [5.74, 6) is -2.35. The van der Waals surface area contributed by atoms with Crippen molar-refractivity contribution >= 4 is 34.5 Å². The Morgan fingerprint density at radius 1 is 1.03 bits per heavy atom. The van der Waals surface area contributed by atoms with Gasteiger partial charge in [0.25, 0.3) is 11.8 Å². The maximum atomic E-state index is 12.8. The molecule has 1 aliphatic carbocycles. The van der Waals surface area contributed by atoms with Crippen LogP contribution in [0.4, 0.5) is 0 Å². The number of fused-ring (bicyclic) bond motifs is 4. The van der Waals surface area contributed by atoms with Crippen LogP contribution in [0.5, 0.6) is 0 Å². The van der Waals surface area contributed by atoms with Crippen LogP contribution in [0.2, 0.25) is 0 Å². The molecule has 2 heterocycles. The van der Waals surface area contributed by atoms with Crippen molar-refractivity contribution in [1.82, 2.24) is 4.90 Å². The van der Waals surface area contributed by atoms with Gasteiger partial charge < -0.3 is 9.52 Å². The van der Waals surface area contributed by atoms with E-state index in [4.69, 9.17) is 4.42 Å². The molecule has 2 amide bonds. The molecular formula is C25H21NO6. The number of Topliss-reactive ketones (excluding diaryl/α,β-unsaturated/α-hetero) is 1. The van der Waals surface area contributed by atoms with E-state index in [0.29, 0.717) is 22.3 Å². The first kappa shape index (κ1) is 20.2. The fourth-order valence-electron chi connectivity index (χ4n) is 4.66. The number of carboxylic acid groups (broad SMARTS) is 1. The summed E-state index contributed by atoms with van der Waals surface area (Å²) >= 11 is 0. The predicted octanol–water partition coefficient (Wildman–Crippen LogP) is 3.88. The van der Waals surface area contributed by atoms with Crippen molar-refractivity contribution in [2.75, 3.05) is 6.54 Å². The van der Waals surface area contributed by atoms with E-state index >= 15 is 0 Å². The zero-order chi connectivity index (χ0) is 22.4. The lowest BCUT2D eigenvalue weighted by atomic mass is 9.94. The highest BCUT2D eigenvalue weighted by molar-refractivity contribution is 6.21. The Balaban J connectivity index is 1.28. The van der Waals surface area contributed by atoms with E-state index < -0.39 is 23.7 Å². The molecule has 1 aromatic heterocycles. The first-order valence-electron chi connectivity index (χ1n) is 10.7. The zero-order valence-electron chi connectivity index (χ0n) is 17.3. The number of hydrogen-bond acceptors (Lipinski definition) is 5. The molecule has 0 bridgehead atoms. The van der Waals surface area contributed by atoms with Crippen LogP contribution in [-0.2, 0) is 17.6 Å². The molecule has 0 fully saturated rings. The van der Waals surface area contributed by atoms with Gasteiger partial charge in [0.05, 0.1) is 17.0 Å². The molecule has 1 aliphatic heterocycles. The van der Waals surface area contributed by atoms with E-state index in [2.05, 4.69) is 0 Å². The van der Waals surface area contributed by atoms with Crippen LogP contribution in [0, 0.1) is 5.92 Å². The number of aryl methyl sites for hydroxylation is 2. The molecule has 0 saturated heterocycles. The predicted molar refractivity (Wildman–Crippen MR) is 115 cm³/mol. The normalized spacial score (nSPS) is 15.8. The molecular weight excluding hydrogens is 410 g/mol. The molecule has 1 N–H and O–H groups in total. The molecule has 3 aromatic rings. The number of nitrogens with zero attached hydrogens (tertiary/aromatic N) is 1. The summed E-state index contributed by atoms with van der Waals surface area (Å²) in [6.45, 7) is -0.0550. The standard InChI is InChI=1S/C25H21NO6/c27-20(14-8-9-17-16-6-3-7-21(16)32-22(17)13-14)12-15(25(30)31)10-11-26-23(28)18-4-1-2-5-19(18)24(26)29/h1-2,4-5,8-9,13,15H,3,6-7,10-12H2,(H,30,31)/t15-/m0/s1. The minimum atomic E-state index is -1.13. The highest BCUT2D eigenvalue weighted by atomic mass is 16.4. The summed E-state index contributed by atoms with van der Waals surface area (Å²) in [5, 5.41) is 10.6. The summed E-state index contributed by atoms with van der Waals surface area (Å²) < 4.78 is 5.87. The van der Waals surface area contributed by atoms with Gasteiger partial charge >= 0.3 is 5.97 Å². The van der Waals surface area contributed by atoms with Gasteiger partial charge in [-0.25, -0.2) is 0 Å². The number of ketones is 1. The smallest absolute Gasteiger partial charge is 0.307 e. The van der Waals surface area contributed by atoms with E-state index in [1.165, 1.54) is 5.56 Å². The van der Waals surface area contributed by atoms with Crippen LogP contribution in [0.3, 0.4) is 0 Å². The number of imide groups is 1. The third-order valence-electron chi connectivity index (χ3n) is 6.39. The number of carbonyl (C=O) groups excluding carboxylic acids is 3. The minimum absolute atomic E-state index is 0.00380. The van der Waals surface area contributed by atoms with Gasteiger partial charge in [0.1, 0.15) is 11.3 Å². The molecule has 2 aromatic carbocycles. The lowest BCUT2D eigenvalue weighted by Crippen LogP contribution is -2.33. The van der Waals surface area contributed by atoms with E-state index in [0.717, 1.165) is 35.3 Å². The third kappa shape index (κ3) is 3.30. The van der Waals surface area contributed by atoms with Gasteiger partial charge in [-0.3, -0.25) is 24.1 Å². The quantitative estimate of drug-likeness (QED) is 0.450. The average Bonchev–Trinajstić information content (AvgIpc) is 3.44. The average molecular weight is 431 g/mol. The minimum Gasteiger partial charge on any atom is -0.481 e. The Kier molecular flexibility index (Phi) is 4.89. The van der Waals surface area contributed by atoms with Gasteiger partial charge in [0, 0.05) is 35.9 Å². The van der Waals surface area contributed by atoms with Crippen molar-refractivity contribution < 1.29 is 28.7 Å². The Morgan fingerprint density at radius 3 is 2.44 bits per heavy atom. The molecule has 0 spiro atoms. The van der Waals surface area contributed by atoms with E-state index in [-0.39, 0.29) is 25.2 Å². The SMILES string of the molecule is O=C(C[C@H](CCN1C(=O)c2ccccc2C1=O)C(=O)O)c1ccc2c3c(oc2c1)CCC3. The van der Waals surface area contributed by atoms with Crippen LogP contribution in [0.15, 0.2) is 46.9 Å². The van der Waals surface area contributed by atoms with E-state index in [9.17, 15) is 24.3 Å². The molecule has 7 heteroatoms. The Hall–Kier alpha value is -3.74. The number of rotatable bonds is 7. The second-order valence-corrected chi connectivity index (χ2v) is 8.33. The largest absolute Gasteiger partial charge is 0.481 e. The van der Waals surface area contributed by atoms with Gasteiger partial charge in [-0.05, 0) is 37.5 Å². The van der Waals surface area contributed by atoms with Gasteiger partial charge in [-0.15, -0.1) is 0 Å². The summed E-state index contributed by atoms with van der Waals surface area (Å²) in [6, 6.07) is 11.8. The summed E-state index contributed by atoms with van der Waals surface area (Å²) in [7, 11) is 0. The maximum Gasteiger partial charge on any atom is 0.307 e. The second kappa shape index (κ2) is 7.75. The van der Waals surface area contributed by atoms with Crippen molar-refractivity contribution in [2.45, 2.75) is 32.1 Å². The fraction of sp³-hybridized carbons (Fsp3) is 0.280. The zero-order valence-corrected chi connectivity index (χ0v) is 17.3. The Labute approximate surface area is 183 Å². The number of carbonyl (C=O) groups is 4. The summed E-state index contributed by atoms with van der Waals surface area (Å²) in [4.78, 5) is 50.7. The molecule has 2 aliphatic rings. The van der Waals surface area contributed by atoms with E-state index in [1.807, 2.05) is 6.07 Å². The Morgan fingerprint density at radius 2 is 1.75 bits per heavy atom. The third-order valence-corrected chi connectivity index (χ3v) is 6.39. The lowest BCUT2D eigenvalue weighted by Gasteiger charge is -2.17. The van der Waals surface area contributed by atoms with Gasteiger partial charge in [-0.2, -0.15) is 0 Å². The van der Waals surface area contributed by atoms with Crippen LogP contribution >= 0.6 is 0 Å². The first-order chi connectivity index (χ1) is 15.4. The topological polar surface area (TPSA) is 105 Å². The maximum absolute atomic E-state index is 12.8. The van der Waals surface area contributed by atoms with Crippen molar-refractivity contribution in [1.29, 1.82) is 0 Å². The van der Waals surface area contributed by atoms with Crippen LogP contribution < -0.4 is 0 Å². The molecule has 0 unspecified atom stereocenters. The van der Waals surface area contributed by atoms with Gasteiger partial charge in [0.2, 0.25) is 0 Å². The van der Waals surface area contributed by atoms with Crippen LogP contribution in [0.25, 0.3) is 11.0 Å². The van der Waals surface area contributed by atoms with Crippen molar-refractivity contribution in [3.63, 3.8) is 0 Å². The van der Waals surface area contributed by atoms with Crippen LogP contribution in [0.1, 0.15) is 61.7 Å². The highest BCUT2D eigenvalue weighted by Crippen LogP contribution is 2.33. The van der Waals surface area contributed by atoms with Gasteiger partial charge in [0.15, 0.2) is 5.78 Å². The fourth-order valence-corrected chi connectivity index (χ4v) is 4.66. The monoisotopic (exact) mass is 431 g/mol. The summed E-state index contributed by atoms with van der Waals surface area (Å²) in [6.07, 6.45) is 2.72.